The summed E-state index contributed by atoms with van der Waals surface area (Å²) in [5, 5.41) is 0. The lowest BCUT2D eigenvalue weighted by molar-refractivity contribution is 0.161. The molecule has 0 spiro atoms. The second-order valence-electron chi connectivity index (χ2n) is 6.75. The minimum atomic E-state index is -4.80. The smallest absolute Gasteiger partial charge is 0.362 e. The van der Waals surface area contributed by atoms with Crippen LogP contribution in [0.5, 0.6) is 11.5 Å². The van der Waals surface area contributed by atoms with Gasteiger partial charge < -0.3 is 8.37 Å². The van der Waals surface area contributed by atoms with E-state index in [2.05, 4.69) is 13.4 Å². The van der Waals surface area contributed by atoms with Crippen molar-refractivity contribution in [3.8, 4) is 11.5 Å². The maximum Gasteiger partial charge on any atom is 0.446 e. The largest absolute Gasteiger partial charge is 0.446 e. The molecule has 1 heterocycles. The van der Waals surface area contributed by atoms with Gasteiger partial charge in [-0.05, 0) is 47.5 Å². The van der Waals surface area contributed by atoms with Gasteiger partial charge in [-0.3, -0.25) is 14.1 Å². The summed E-state index contributed by atoms with van der Waals surface area (Å²) in [4.78, 5) is 4.23. The van der Waals surface area contributed by atoms with Gasteiger partial charge in [0.25, 0.3) is 10.1 Å². The van der Waals surface area contributed by atoms with Gasteiger partial charge in [0.05, 0.1) is 11.9 Å². The second kappa shape index (κ2) is 9.28. The molecular formula is C19H17NO11S3. The molecule has 0 unspecified atom stereocenters. The molecular weight excluding hydrogens is 514 g/mol. The molecule has 0 radical (unpaired) electrons. The predicted molar refractivity (Wildman–Crippen MR) is 117 cm³/mol. The molecule has 3 aromatic rings. The quantitative estimate of drug-likeness (QED) is 0.301. The molecule has 0 saturated heterocycles. The van der Waals surface area contributed by atoms with E-state index in [0.29, 0.717) is 0 Å². The monoisotopic (exact) mass is 531 g/mol. The van der Waals surface area contributed by atoms with E-state index in [1.165, 1.54) is 36.5 Å². The standard InChI is InChI=1S/C19H17NO11S3/c1-32(21,22)31-19(18-4-2-3-13-20-18,14-5-9-16(10-6-14)29-33(23,24)25)15-7-11-17(12-8-15)30-34(26,27)28/h2-13H,1H3,(H,23,24,25)(H,26,27,28). The fourth-order valence-corrected chi connectivity index (χ4v) is 4.57. The Morgan fingerprint density at radius 3 is 1.47 bits per heavy atom. The van der Waals surface area contributed by atoms with E-state index in [1.807, 2.05) is 0 Å². The average Bonchev–Trinajstić information content (AvgIpc) is 2.71. The number of hydrogen-bond donors (Lipinski definition) is 2. The average molecular weight is 532 g/mol. The number of pyridine rings is 1. The van der Waals surface area contributed by atoms with E-state index < -0.39 is 36.5 Å². The Labute approximate surface area is 195 Å². The van der Waals surface area contributed by atoms with E-state index in [0.717, 1.165) is 30.5 Å². The minimum absolute atomic E-state index is 0.104. The molecule has 12 nitrogen and oxygen atoms in total. The summed E-state index contributed by atoms with van der Waals surface area (Å²) in [6.45, 7) is 0. The van der Waals surface area contributed by atoms with Crippen molar-refractivity contribution in [3.63, 3.8) is 0 Å². The third-order valence-electron chi connectivity index (χ3n) is 4.23. The molecule has 2 N–H and O–H groups in total. The lowest BCUT2D eigenvalue weighted by Crippen LogP contribution is -2.36. The predicted octanol–water partition coefficient (Wildman–Crippen LogP) is 1.71. The van der Waals surface area contributed by atoms with Crippen LogP contribution >= 0.6 is 0 Å². The fourth-order valence-electron chi connectivity index (χ4n) is 3.13. The molecule has 0 aliphatic rings. The lowest BCUT2D eigenvalue weighted by Gasteiger charge is -2.33. The summed E-state index contributed by atoms with van der Waals surface area (Å²) in [6, 6.07) is 14.4. The second-order valence-corrected chi connectivity index (χ2v) is 10.4. The molecule has 15 heteroatoms. The van der Waals surface area contributed by atoms with Gasteiger partial charge in [-0.1, -0.05) is 30.3 Å². The Morgan fingerprint density at radius 2 is 1.15 bits per heavy atom. The van der Waals surface area contributed by atoms with Gasteiger partial charge in [0, 0.05) is 6.20 Å². The minimum Gasteiger partial charge on any atom is -0.362 e. The summed E-state index contributed by atoms with van der Waals surface area (Å²) >= 11 is 0. The van der Waals surface area contributed by atoms with Crippen LogP contribution in [0.1, 0.15) is 16.8 Å². The molecule has 0 saturated carbocycles. The van der Waals surface area contributed by atoms with Gasteiger partial charge in [-0.15, -0.1) is 0 Å². The summed E-state index contributed by atoms with van der Waals surface area (Å²) in [7, 11) is -13.8. The van der Waals surface area contributed by atoms with E-state index in [-0.39, 0.29) is 28.3 Å². The zero-order valence-electron chi connectivity index (χ0n) is 17.2. The summed E-state index contributed by atoms with van der Waals surface area (Å²) in [6.07, 6.45) is 2.21. The molecule has 0 bridgehead atoms. The molecule has 1 aromatic heterocycles. The Bertz CT molecular complexity index is 1390. The Morgan fingerprint density at radius 1 is 0.706 bits per heavy atom. The van der Waals surface area contributed by atoms with Gasteiger partial charge in [-0.2, -0.15) is 25.3 Å². The first kappa shape index (κ1) is 25.5. The topological polar surface area (TPSA) is 183 Å². The maximum atomic E-state index is 12.4. The van der Waals surface area contributed by atoms with Crippen molar-refractivity contribution < 1.29 is 46.9 Å². The Hall–Kier alpha value is -3.08. The number of aromatic nitrogens is 1. The van der Waals surface area contributed by atoms with Crippen LogP contribution in [0.25, 0.3) is 0 Å². The van der Waals surface area contributed by atoms with E-state index >= 15 is 0 Å². The van der Waals surface area contributed by atoms with Gasteiger partial charge in [0.1, 0.15) is 11.5 Å². The van der Waals surface area contributed by atoms with Crippen LogP contribution in [0, 0.1) is 0 Å². The molecule has 34 heavy (non-hydrogen) atoms. The molecule has 2 aromatic carbocycles. The molecule has 3 rings (SSSR count). The zero-order valence-corrected chi connectivity index (χ0v) is 19.6. The molecule has 0 amide bonds. The van der Waals surface area contributed by atoms with Crippen molar-refractivity contribution in [3.05, 3.63) is 89.7 Å². The van der Waals surface area contributed by atoms with Crippen LogP contribution in [-0.2, 0) is 40.7 Å². The van der Waals surface area contributed by atoms with E-state index in [4.69, 9.17) is 13.3 Å². The Balaban J connectivity index is 2.25. The molecule has 0 fully saturated rings. The molecule has 0 aliphatic carbocycles. The van der Waals surface area contributed by atoms with Crippen LogP contribution in [0.4, 0.5) is 0 Å². The molecule has 0 aliphatic heterocycles. The summed E-state index contributed by atoms with van der Waals surface area (Å²) in [5.41, 5.74) is -1.51. The number of rotatable bonds is 9. The molecule has 0 atom stereocenters. The van der Waals surface area contributed by atoms with Gasteiger partial charge in [0.2, 0.25) is 0 Å². The van der Waals surface area contributed by atoms with Crippen molar-refractivity contribution in [2.75, 3.05) is 6.26 Å². The number of hydrogen-bond acceptors (Lipinski definition) is 10. The molecule has 182 valence electrons. The lowest BCUT2D eigenvalue weighted by atomic mass is 9.83. The highest BCUT2D eigenvalue weighted by Gasteiger charge is 2.42. The number of benzene rings is 2. The van der Waals surface area contributed by atoms with Gasteiger partial charge in [0.15, 0.2) is 5.60 Å². The SMILES string of the molecule is CS(=O)(=O)OC(c1ccc(OS(=O)(=O)O)cc1)(c1ccc(OS(=O)(=O)O)cc1)c1ccccn1. The maximum absolute atomic E-state index is 12.4. The highest BCUT2D eigenvalue weighted by molar-refractivity contribution is 7.86. The van der Waals surface area contributed by atoms with Crippen LogP contribution in [0.2, 0.25) is 0 Å². The summed E-state index contributed by atoms with van der Waals surface area (Å²) < 4.78 is 101. The van der Waals surface area contributed by atoms with Crippen molar-refractivity contribution in [2.24, 2.45) is 0 Å². The van der Waals surface area contributed by atoms with Crippen molar-refractivity contribution in [1.29, 1.82) is 0 Å². The highest BCUT2D eigenvalue weighted by atomic mass is 32.3. The van der Waals surface area contributed by atoms with Crippen LogP contribution in [0.3, 0.4) is 0 Å². The van der Waals surface area contributed by atoms with Crippen LogP contribution in [-0.4, -0.2) is 45.6 Å². The van der Waals surface area contributed by atoms with Gasteiger partial charge in [-0.25, -0.2) is 4.18 Å². The normalized spacial score (nSPS) is 12.8. The zero-order chi connectivity index (χ0) is 25.2. The summed E-state index contributed by atoms with van der Waals surface area (Å²) in [5.74, 6) is -0.533. The van der Waals surface area contributed by atoms with Gasteiger partial charge >= 0.3 is 20.8 Å². The van der Waals surface area contributed by atoms with Crippen molar-refractivity contribution in [1.82, 2.24) is 4.98 Å². The van der Waals surface area contributed by atoms with Crippen molar-refractivity contribution in [2.45, 2.75) is 5.60 Å². The third kappa shape index (κ3) is 6.49. The first-order chi connectivity index (χ1) is 15.7. The van der Waals surface area contributed by atoms with Crippen LogP contribution in [0.15, 0.2) is 72.9 Å². The number of nitrogens with zero attached hydrogens (tertiary/aromatic N) is 1. The van der Waals surface area contributed by atoms with Crippen molar-refractivity contribution >= 4 is 30.9 Å². The van der Waals surface area contributed by atoms with Crippen LogP contribution < -0.4 is 8.37 Å². The third-order valence-corrected chi connectivity index (χ3v) is 5.59. The fraction of sp³-hybridized carbons (Fsp3) is 0.105. The Kier molecular flexibility index (Phi) is 6.97. The van der Waals surface area contributed by atoms with E-state index in [9.17, 15) is 25.3 Å². The first-order valence-electron chi connectivity index (χ1n) is 9.05. The van der Waals surface area contributed by atoms with E-state index in [1.54, 1.807) is 12.1 Å². The first-order valence-corrected chi connectivity index (χ1v) is 13.6. The highest BCUT2D eigenvalue weighted by Crippen LogP contribution is 2.41.